The summed E-state index contributed by atoms with van der Waals surface area (Å²) in [7, 11) is 1.51. The minimum Gasteiger partial charge on any atom is -0.495 e. The normalized spacial score (nSPS) is 11.6. The van der Waals surface area contributed by atoms with E-state index in [4.69, 9.17) is 9.15 Å². The molecule has 0 radical (unpaired) electrons. The van der Waals surface area contributed by atoms with E-state index < -0.39 is 11.8 Å². The van der Waals surface area contributed by atoms with Crippen LogP contribution in [0.25, 0.3) is 0 Å². The lowest BCUT2D eigenvalue weighted by Crippen LogP contribution is -2.37. The average molecular weight is 384 g/mol. The van der Waals surface area contributed by atoms with Gasteiger partial charge < -0.3 is 19.8 Å². The minimum absolute atomic E-state index is 0.148. The number of carbonyl (C=O) groups excluding carboxylic acids is 2. The first-order valence-electron chi connectivity index (χ1n) is 8.39. The first-order chi connectivity index (χ1) is 13.1. The molecular weight excluding hydrogens is 364 g/mol. The second-order valence-electron chi connectivity index (χ2n) is 5.95. The van der Waals surface area contributed by atoms with Crippen LogP contribution in [-0.2, 0) is 9.59 Å². The highest BCUT2D eigenvalue weighted by atomic mass is 32.1. The van der Waals surface area contributed by atoms with Crippen LogP contribution in [0.3, 0.4) is 0 Å². The molecule has 2 N–H and O–H groups in total. The fraction of sp³-hybridized carbons (Fsp3) is 0.200. The summed E-state index contributed by atoms with van der Waals surface area (Å²) in [6.45, 7) is 2.15. The Hall–Kier alpha value is -3.06. The Kier molecular flexibility index (Phi) is 5.93. The number of rotatable bonds is 6. The van der Waals surface area contributed by atoms with Crippen molar-refractivity contribution in [2.75, 3.05) is 19.0 Å². The van der Waals surface area contributed by atoms with E-state index in [1.807, 2.05) is 36.6 Å². The molecule has 1 atom stereocenters. The Labute approximate surface area is 161 Å². The van der Waals surface area contributed by atoms with Gasteiger partial charge in [-0.25, -0.2) is 0 Å². The van der Waals surface area contributed by atoms with Crippen LogP contribution >= 0.6 is 11.3 Å². The number of carbonyl (C=O) groups is 2. The van der Waals surface area contributed by atoms with Gasteiger partial charge in [-0.05, 0) is 48.2 Å². The summed E-state index contributed by atoms with van der Waals surface area (Å²) in [6, 6.07) is 12.9. The highest BCUT2D eigenvalue weighted by Gasteiger charge is 2.22. The number of ether oxygens (including phenoxy) is 1. The molecule has 0 fully saturated rings. The Balaban J connectivity index is 1.66. The summed E-state index contributed by atoms with van der Waals surface area (Å²) < 4.78 is 10.7. The maximum absolute atomic E-state index is 12.3. The molecule has 2 heterocycles. The van der Waals surface area contributed by atoms with Gasteiger partial charge >= 0.3 is 11.8 Å². The van der Waals surface area contributed by atoms with E-state index in [0.29, 0.717) is 11.4 Å². The molecule has 7 heteroatoms. The number of furan rings is 1. The van der Waals surface area contributed by atoms with Crippen LogP contribution in [0.4, 0.5) is 5.69 Å². The number of anilines is 1. The van der Waals surface area contributed by atoms with Gasteiger partial charge in [-0.15, -0.1) is 11.3 Å². The number of nitrogens with one attached hydrogen (secondary N) is 2. The van der Waals surface area contributed by atoms with E-state index in [2.05, 4.69) is 10.6 Å². The Morgan fingerprint density at radius 3 is 2.70 bits per heavy atom. The molecule has 0 saturated heterocycles. The zero-order chi connectivity index (χ0) is 19.2. The Bertz CT molecular complexity index is 870. The summed E-state index contributed by atoms with van der Waals surface area (Å²) >= 11 is 1.57. The highest BCUT2D eigenvalue weighted by Crippen LogP contribution is 2.28. The van der Waals surface area contributed by atoms with Crippen molar-refractivity contribution < 1.29 is 18.7 Å². The number of hydrogen-bond acceptors (Lipinski definition) is 5. The predicted octanol–water partition coefficient (Wildman–Crippen LogP) is 3.54. The standard InChI is InChI=1S/C20H20N2O4S/c1-13-7-8-17(25-2)15(11-13)22-20(24)19(23)21-12-14(16-5-3-9-26-16)18-6-4-10-27-18/h3-11,14H,12H2,1-2H3,(H,21,23)(H,22,24)/t14-/m1/s1. The molecule has 0 aliphatic rings. The van der Waals surface area contributed by atoms with Crippen LogP contribution in [0.2, 0.25) is 0 Å². The average Bonchev–Trinajstić information content (AvgIpc) is 3.36. The van der Waals surface area contributed by atoms with Gasteiger partial charge in [0.2, 0.25) is 0 Å². The van der Waals surface area contributed by atoms with Gasteiger partial charge in [-0.3, -0.25) is 9.59 Å². The van der Waals surface area contributed by atoms with Crippen molar-refractivity contribution in [3.63, 3.8) is 0 Å². The summed E-state index contributed by atoms with van der Waals surface area (Å²) in [5.41, 5.74) is 1.40. The SMILES string of the molecule is COc1ccc(C)cc1NC(=O)C(=O)NC[C@H](c1ccco1)c1cccs1. The third-order valence-corrected chi connectivity index (χ3v) is 5.04. The lowest BCUT2D eigenvalue weighted by Gasteiger charge is -2.15. The van der Waals surface area contributed by atoms with Crippen molar-refractivity contribution in [3.8, 4) is 5.75 Å². The number of amides is 2. The minimum atomic E-state index is -0.747. The second-order valence-corrected chi connectivity index (χ2v) is 6.93. The van der Waals surface area contributed by atoms with E-state index in [0.717, 1.165) is 16.2 Å². The van der Waals surface area contributed by atoms with E-state index >= 15 is 0 Å². The predicted molar refractivity (Wildman–Crippen MR) is 104 cm³/mol. The lowest BCUT2D eigenvalue weighted by atomic mass is 10.0. The molecule has 140 valence electrons. The zero-order valence-corrected chi connectivity index (χ0v) is 15.8. The molecular formula is C20H20N2O4S. The molecule has 0 aliphatic heterocycles. The number of benzene rings is 1. The van der Waals surface area contributed by atoms with Crippen LogP contribution in [0.1, 0.15) is 22.1 Å². The molecule has 0 aliphatic carbocycles. The van der Waals surface area contributed by atoms with Crippen molar-refractivity contribution in [3.05, 3.63) is 70.3 Å². The number of thiophene rings is 1. The summed E-state index contributed by atoms with van der Waals surface area (Å²) in [6.07, 6.45) is 1.59. The van der Waals surface area contributed by atoms with Gasteiger partial charge in [-0.1, -0.05) is 12.1 Å². The smallest absolute Gasteiger partial charge is 0.313 e. The van der Waals surface area contributed by atoms with E-state index in [1.165, 1.54) is 7.11 Å². The largest absolute Gasteiger partial charge is 0.495 e. The number of methoxy groups -OCH3 is 1. The first kappa shape index (κ1) is 18.7. The summed E-state index contributed by atoms with van der Waals surface area (Å²) in [4.78, 5) is 25.6. The molecule has 0 spiro atoms. The van der Waals surface area contributed by atoms with E-state index in [9.17, 15) is 9.59 Å². The quantitative estimate of drug-likeness (QED) is 0.637. The molecule has 2 amide bonds. The topological polar surface area (TPSA) is 80.6 Å². The van der Waals surface area contributed by atoms with Crippen molar-refractivity contribution in [2.24, 2.45) is 0 Å². The summed E-state index contributed by atoms with van der Waals surface area (Å²) in [5.74, 6) is -0.382. The van der Waals surface area contributed by atoms with Crippen molar-refractivity contribution in [1.29, 1.82) is 0 Å². The number of hydrogen-bond donors (Lipinski definition) is 2. The van der Waals surface area contributed by atoms with Crippen LogP contribution in [0, 0.1) is 6.92 Å². The van der Waals surface area contributed by atoms with Crippen molar-refractivity contribution in [2.45, 2.75) is 12.8 Å². The van der Waals surface area contributed by atoms with Gasteiger partial charge in [0, 0.05) is 11.4 Å². The molecule has 3 rings (SSSR count). The van der Waals surface area contributed by atoms with E-state index in [1.54, 1.807) is 35.8 Å². The molecule has 3 aromatic rings. The molecule has 1 aromatic carbocycles. The van der Waals surface area contributed by atoms with Gasteiger partial charge in [0.15, 0.2) is 0 Å². The van der Waals surface area contributed by atoms with Crippen molar-refractivity contribution >= 4 is 28.8 Å². The van der Waals surface area contributed by atoms with Gasteiger partial charge in [0.05, 0.1) is 25.0 Å². The molecule has 0 saturated carbocycles. The third-order valence-electron chi connectivity index (χ3n) is 4.05. The van der Waals surface area contributed by atoms with Gasteiger partial charge in [-0.2, -0.15) is 0 Å². The highest BCUT2D eigenvalue weighted by molar-refractivity contribution is 7.10. The van der Waals surface area contributed by atoms with Crippen molar-refractivity contribution in [1.82, 2.24) is 5.32 Å². The molecule has 0 unspecified atom stereocenters. The van der Waals surface area contributed by atoms with Gasteiger partial charge in [0.1, 0.15) is 11.5 Å². The van der Waals surface area contributed by atoms with Crippen LogP contribution in [0.15, 0.2) is 58.5 Å². The molecule has 27 heavy (non-hydrogen) atoms. The molecule has 2 aromatic heterocycles. The third kappa shape index (κ3) is 4.57. The maximum Gasteiger partial charge on any atom is 0.313 e. The second kappa shape index (κ2) is 8.55. The maximum atomic E-state index is 12.3. The fourth-order valence-corrected chi connectivity index (χ4v) is 3.53. The van der Waals surface area contributed by atoms with Gasteiger partial charge in [0.25, 0.3) is 0 Å². The van der Waals surface area contributed by atoms with E-state index in [-0.39, 0.29) is 12.5 Å². The van der Waals surface area contributed by atoms with Crippen LogP contribution in [-0.4, -0.2) is 25.5 Å². The zero-order valence-electron chi connectivity index (χ0n) is 15.0. The molecule has 0 bridgehead atoms. The first-order valence-corrected chi connectivity index (χ1v) is 9.27. The lowest BCUT2D eigenvalue weighted by molar-refractivity contribution is -0.136. The Morgan fingerprint density at radius 1 is 1.19 bits per heavy atom. The monoisotopic (exact) mass is 384 g/mol. The number of aryl methyl sites for hydroxylation is 1. The summed E-state index contributed by atoms with van der Waals surface area (Å²) in [5, 5.41) is 7.25. The molecule has 6 nitrogen and oxygen atoms in total. The Morgan fingerprint density at radius 2 is 2.04 bits per heavy atom. The van der Waals surface area contributed by atoms with Crippen LogP contribution in [0.5, 0.6) is 5.75 Å². The van der Waals surface area contributed by atoms with Crippen LogP contribution < -0.4 is 15.4 Å². The fourth-order valence-electron chi connectivity index (χ4n) is 2.69.